The summed E-state index contributed by atoms with van der Waals surface area (Å²) in [6.07, 6.45) is 1.20. The third kappa shape index (κ3) is 2.77. The Bertz CT molecular complexity index is 171. The molecule has 12 heavy (non-hydrogen) atoms. The van der Waals surface area contributed by atoms with Crippen molar-refractivity contribution < 1.29 is 0 Å². The normalized spacial score (nSPS) is 31.1. The standard InChI is InChI=1S/C9H17ClN2/c1-8(5-10)6-12-9(2)3-4-11-7-9/h5,11-12H,3-4,6-7H2,1-2H3/b8-5+. The van der Waals surface area contributed by atoms with Gasteiger partial charge in [-0.3, -0.25) is 0 Å². The Balaban J connectivity index is 2.30. The van der Waals surface area contributed by atoms with E-state index >= 15 is 0 Å². The summed E-state index contributed by atoms with van der Waals surface area (Å²) in [5, 5.41) is 6.83. The summed E-state index contributed by atoms with van der Waals surface area (Å²) in [6, 6.07) is 0. The molecule has 0 aliphatic carbocycles. The minimum atomic E-state index is 0.265. The number of rotatable bonds is 3. The predicted molar refractivity (Wildman–Crippen MR) is 53.5 cm³/mol. The Morgan fingerprint density at radius 2 is 2.50 bits per heavy atom. The van der Waals surface area contributed by atoms with E-state index in [1.54, 1.807) is 5.54 Å². The van der Waals surface area contributed by atoms with E-state index in [1.807, 2.05) is 6.92 Å². The zero-order valence-electron chi connectivity index (χ0n) is 7.78. The van der Waals surface area contributed by atoms with Crippen molar-refractivity contribution in [1.82, 2.24) is 10.6 Å². The van der Waals surface area contributed by atoms with Crippen LogP contribution in [0.15, 0.2) is 11.1 Å². The number of hydrogen-bond donors (Lipinski definition) is 2. The molecule has 2 N–H and O–H groups in total. The summed E-state index contributed by atoms with van der Waals surface area (Å²) < 4.78 is 0. The molecule has 70 valence electrons. The molecule has 0 aromatic carbocycles. The molecule has 0 bridgehead atoms. The molecular weight excluding hydrogens is 172 g/mol. The van der Waals surface area contributed by atoms with Crippen molar-refractivity contribution in [1.29, 1.82) is 0 Å². The predicted octanol–water partition coefficient (Wildman–Crippen LogP) is 1.47. The van der Waals surface area contributed by atoms with Crippen LogP contribution < -0.4 is 10.6 Å². The molecule has 1 atom stereocenters. The Hall–Kier alpha value is -0.0500. The Labute approximate surface area is 79.4 Å². The molecule has 1 aliphatic rings. The summed E-state index contributed by atoms with van der Waals surface area (Å²) in [4.78, 5) is 0. The summed E-state index contributed by atoms with van der Waals surface area (Å²) in [5.74, 6) is 0. The van der Waals surface area contributed by atoms with E-state index in [9.17, 15) is 0 Å². The van der Waals surface area contributed by atoms with Crippen LogP contribution in [0.4, 0.5) is 0 Å². The van der Waals surface area contributed by atoms with Crippen LogP contribution in [-0.2, 0) is 0 Å². The first kappa shape index (κ1) is 10.0. The lowest BCUT2D eigenvalue weighted by atomic mass is 10.0. The number of hydrogen-bond acceptors (Lipinski definition) is 2. The van der Waals surface area contributed by atoms with Crippen LogP contribution >= 0.6 is 11.6 Å². The van der Waals surface area contributed by atoms with Gasteiger partial charge in [0, 0.05) is 24.2 Å². The molecular formula is C9H17ClN2. The Morgan fingerprint density at radius 3 is 3.00 bits per heavy atom. The fourth-order valence-corrected chi connectivity index (χ4v) is 1.44. The SMILES string of the molecule is C/C(=C\Cl)CNC1(C)CCNC1. The minimum Gasteiger partial charge on any atom is -0.315 e. The maximum Gasteiger partial charge on any atom is 0.0292 e. The fraction of sp³-hybridized carbons (Fsp3) is 0.778. The second-order valence-electron chi connectivity index (χ2n) is 3.80. The van der Waals surface area contributed by atoms with Crippen molar-refractivity contribution in [3.05, 3.63) is 11.1 Å². The zero-order valence-corrected chi connectivity index (χ0v) is 8.54. The van der Waals surface area contributed by atoms with E-state index in [4.69, 9.17) is 11.6 Å². The van der Waals surface area contributed by atoms with Gasteiger partial charge in [0.05, 0.1) is 0 Å². The van der Waals surface area contributed by atoms with Crippen LogP contribution in [0, 0.1) is 0 Å². The summed E-state index contributed by atoms with van der Waals surface area (Å²) in [7, 11) is 0. The van der Waals surface area contributed by atoms with Crippen LogP contribution in [-0.4, -0.2) is 25.2 Å². The van der Waals surface area contributed by atoms with Crippen LogP contribution in [0.2, 0.25) is 0 Å². The van der Waals surface area contributed by atoms with Crippen molar-refractivity contribution in [2.45, 2.75) is 25.8 Å². The van der Waals surface area contributed by atoms with E-state index in [-0.39, 0.29) is 5.54 Å². The van der Waals surface area contributed by atoms with Crippen LogP contribution in [0.1, 0.15) is 20.3 Å². The number of nitrogens with one attached hydrogen (secondary N) is 2. The van der Waals surface area contributed by atoms with Gasteiger partial charge in [-0.25, -0.2) is 0 Å². The van der Waals surface area contributed by atoms with Crippen molar-refractivity contribution in [2.24, 2.45) is 0 Å². The smallest absolute Gasteiger partial charge is 0.0292 e. The molecule has 2 nitrogen and oxygen atoms in total. The lowest BCUT2D eigenvalue weighted by Crippen LogP contribution is -2.44. The van der Waals surface area contributed by atoms with Gasteiger partial charge in [0.25, 0.3) is 0 Å². The first-order chi connectivity index (χ1) is 5.66. The third-order valence-electron chi connectivity index (χ3n) is 2.35. The largest absolute Gasteiger partial charge is 0.315 e. The first-order valence-corrected chi connectivity index (χ1v) is 4.81. The van der Waals surface area contributed by atoms with Gasteiger partial charge in [-0.2, -0.15) is 0 Å². The van der Waals surface area contributed by atoms with E-state index in [2.05, 4.69) is 17.6 Å². The molecule has 0 aromatic heterocycles. The van der Waals surface area contributed by atoms with Crippen LogP contribution in [0.5, 0.6) is 0 Å². The van der Waals surface area contributed by atoms with Crippen molar-refractivity contribution >= 4 is 11.6 Å². The van der Waals surface area contributed by atoms with E-state index in [1.165, 1.54) is 12.0 Å². The van der Waals surface area contributed by atoms with E-state index in [0.29, 0.717) is 0 Å². The van der Waals surface area contributed by atoms with E-state index in [0.717, 1.165) is 19.6 Å². The van der Waals surface area contributed by atoms with Gasteiger partial charge >= 0.3 is 0 Å². The quantitative estimate of drug-likeness (QED) is 0.701. The molecule has 3 heteroatoms. The first-order valence-electron chi connectivity index (χ1n) is 4.38. The second kappa shape index (κ2) is 4.26. The van der Waals surface area contributed by atoms with Crippen molar-refractivity contribution in [3.63, 3.8) is 0 Å². The molecule has 0 saturated carbocycles. The highest BCUT2D eigenvalue weighted by molar-refractivity contribution is 6.25. The molecule has 1 unspecified atom stereocenters. The molecule has 0 spiro atoms. The zero-order chi connectivity index (χ0) is 9.03. The summed E-state index contributed by atoms with van der Waals surface area (Å²) in [5.41, 5.74) is 3.09. The fourth-order valence-electron chi connectivity index (χ4n) is 1.36. The lowest BCUT2D eigenvalue weighted by molar-refractivity contribution is 0.403. The number of halogens is 1. The molecule has 1 heterocycles. The maximum atomic E-state index is 5.57. The van der Waals surface area contributed by atoms with Gasteiger partial charge in [-0.15, -0.1) is 0 Å². The molecule has 1 fully saturated rings. The average Bonchev–Trinajstić information content (AvgIpc) is 2.49. The van der Waals surface area contributed by atoms with E-state index < -0.39 is 0 Å². The Kier molecular flexibility index (Phi) is 3.56. The monoisotopic (exact) mass is 188 g/mol. The highest BCUT2D eigenvalue weighted by Crippen LogP contribution is 2.13. The van der Waals surface area contributed by atoms with Gasteiger partial charge in [-0.1, -0.05) is 11.6 Å². The van der Waals surface area contributed by atoms with Crippen LogP contribution in [0.25, 0.3) is 0 Å². The summed E-state index contributed by atoms with van der Waals surface area (Å²) >= 11 is 5.57. The topological polar surface area (TPSA) is 24.1 Å². The third-order valence-corrected chi connectivity index (χ3v) is 2.72. The molecule has 1 rings (SSSR count). The lowest BCUT2D eigenvalue weighted by Gasteiger charge is -2.24. The van der Waals surface area contributed by atoms with Crippen LogP contribution in [0.3, 0.4) is 0 Å². The minimum absolute atomic E-state index is 0.265. The van der Waals surface area contributed by atoms with Gasteiger partial charge < -0.3 is 10.6 Å². The molecule has 1 aliphatic heterocycles. The van der Waals surface area contributed by atoms with Gasteiger partial charge in [0.2, 0.25) is 0 Å². The maximum absolute atomic E-state index is 5.57. The van der Waals surface area contributed by atoms with Gasteiger partial charge in [0.1, 0.15) is 0 Å². The highest BCUT2D eigenvalue weighted by atomic mass is 35.5. The molecule has 0 radical (unpaired) electrons. The molecule has 1 saturated heterocycles. The van der Waals surface area contributed by atoms with Gasteiger partial charge in [0.15, 0.2) is 0 Å². The molecule has 0 aromatic rings. The summed E-state index contributed by atoms with van der Waals surface area (Å²) in [6.45, 7) is 7.34. The van der Waals surface area contributed by atoms with Crippen molar-refractivity contribution in [2.75, 3.05) is 19.6 Å². The van der Waals surface area contributed by atoms with Crippen molar-refractivity contribution in [3.8, 4) is 0 Å². The molecule has 0 amide bonds. The highest BCUT2D eigenvalue weighted by Gasteiger charge is 2.27. The Morgan fingerprint density at radius 1 is 1.75 bits per heavy atom. The second-order valence-corrected chi connectivity index (χ2v) is 4.01. The average molecular weight is 189 g/mol. The van der Waals surface area contributed by atoms with Gasteiger partial charge in [-0.05, 0) is 32.4 Å².